The molecule has 0 spiro atoms. The molecule has 0 N–H and O–H groups in total. The average molecular weight is 488 g/mol. The molecule has 2 aromatic heterocycles. The molecule has 35 heavy (non-hydrogen) atoms. The number of carbonyl (C=O) groups is 2. The Balaban J connectivity index is 1.26. The third-order valence-electron chi connectivity index (χ3n) is 5.88. The molecule has 0 aliphatic carbocycles. The van der Waals surface area contributed by atoms with Gasteiger partial charge in [-0.2, -0.15) is 4.98 Å². The van der Waals surface area contributed by atoms with E-state index in [2.05, 4.69) is 27.1 Å². The van der Waals surface area contributed by atoms with Crippen molar-refractivity contribution in [2.24, 2.45) is 0 Å². The number of aromatic nitrogens is 3. The molecule has 0 radical (unpaired) electrons. The van der Waals surface area contributed by atoms with Gasteiger partial charge in [0.1, 0.15) is 0 Å². The number of amides is 1. The molecule has 0 saturated carbocycles. The predicted molar refractivity (Wildman–Crippen MR) is 135 cm³/mol. The van der Waals surface area contributed by atoms with Crippen molar-refractivity contribution in [1.29, 1.82) is 0 Å². The number of nitrogens with zero attached hydrogens (tertiary/aromatic N) is 5. The summed E-state index contributed by atoms with van der Waals surface area (Å²) in [6.07, 6.45) is -0.931. The van der Waals surface area contributed by atoms with Crippen molar-refractivity contribution in [2.75, 3.05) is 31.1 Å². The van der Waals surface area contributed by atoms with E-state index >= 15 is 0 Å². The van der Waals surface area contributed by atoms with E-state index in [-0.39, 0.29) is 11.7 Å². The Hall–Kier alpha value is -3.98. The third kappa shape index (κ3) is 4.95. The monoisotopic (exact) mass is 487 g/mol. The quantitative estimate of drug-likeness (QED) is 0.384. The predicted octanol–water partition coefficient (Wildman–Crippen LogP) is 3.89. The van der Waals surface area contributed by atoms with Gasteiger partial charge in [-0.05, 0) is 42.6 Å². The number of piperazine rings is 1. The number of hydrogen-bond acceptors (Lipinski definition) is 7. The van der Waals surface area contributed by atoms with E-state index in [1.807, 2.05) is 66.0 Å². The van der Waals surface area contributed by atoms with Crippen LogP contribution in [0.4, 0.5) is 5.69 Å². The van der Waals surface area contributed by atoms with Gasteiger partial charge in [-0.3, -0.25) is 4.79 Å². The number of para-hydroxylation sites is 2. The van der Waals surface area contributed by atoms with Crippen molar-refractivity contribution in [3.05, 3.63) is 84.0 Å². The van der Waals surface area contributed by atoms with Gasteiger partial charge in [-0.25, -0.2) is 9.48 Å². The average Bonchev–Trinajstić information content (AvgIpc) is 3.60. The first kappa shape index (κ1) is 22.8. The van der Waals surface area contributed by atoms with Crippen molar-refractivity contribution in [1.82, 2.24) is 19.7 Å². The molecule has 1 amide bonds. The van der Waals surface area contributed by atoms with E-state index in [0.717, 1.165) is 29.3 Å². The van der Waals surface area contributed by atoms with Crippen LogP contribution in [0, 0.1) is 0 Å². The number of ether oxygens (including phenoxy) is 1. The maximum absolute atomic E-state index is 13.0. The van der Waals surface area contributed by atoms with Crippen molar-refractivity contribution in [3.8, 4) is 16.4 Å². The van der Waals surface area contributed by atoms with Crippen LogP contribution < -0.4 is 4.90 Å². The molecule has 1 atom stereocenters. The molecular formula is C26H25N5O3S. The van der Waals surface area contributed by atoms with Gasteiger partial charge in [0.25, 0.3) is 11.7 Å². The number of thiophene rings is 1. The molecule has 9 heteroatoms. The maximum Gasteiger partial charge on any atom is 0.379 e. The van der Waals surface area contributed by atoms with Gasteiger partial charge in [-0.15, -0.1) is 16.4 Å². The molecule has 1 saturated heterocycles. The van der Waals surface area contributed by atoms with Crippen LogP contribution in [-0.4, -0.2) is 63.8 Å². The van der Waals surface area contributed by atoms with Crippen molar-refractivity contribution in [3.63, 3.8) is 0 Å². The fourth-order valence-electron chi connectivity index (χ4n) is 4.06. The van der Waals surface area contributed by atoms with Gasteiger partial charge in [0.05, 0.1) is 10.6 Å². The zero-order valence-electron chi connectivity index (χ0n) is 19.3. The summed E-state index contributed by atoms with van der Waals surface area (Å²) in [4.78, 5) is 35.2. The lowest BCUT2D eigenvalue weighted by Crippen LogP contribution is -2.51. The highest BCUT2D eigenvalue weighted by Crippen LogP contribution is 2.26. The normalized spacial score (nSPS) is 14.5. The molecule has 5 rings (SSSR count). The molecule has 1 unspecified atom stereocenters. The van der Waals surface area contributed by atoms with Gasteiger partial charge in [0.2, 0.25) is 0 Å². The van der Waals surface area contributed by atoms with Crippen LogP contribution >= 0.6 is 11.3 Å². The summed E-state index contributed by atoms with van der Waals surface area (Å²) in [7, 11) is 0. The fourth-order valence-corrected chi connectivity index (χ4v) is 4.76. The molecule has 1 aliphatic rings. The topological polar surface area (TPSA) is 80.6 Å². The fraction of sp³-hybridized carbons (Fsp3) is 0.231. The first-order chi connectivity index (χ1) is 17.1. The van der Waals surface area contributed by atoms with Crippen LogP contribution in [-0.2, 0) is 9.53 Å². The SMILES string of the molecule is CC(OC(=O)c1nc(-c2cccs2)n(-c2ccccc2)n1)C(=O)N1CCN(c2ccccc2)CC1. The number of esters is 1. The molecule has 8 nitrogen and oxygen atoms in total. The summed E-state index contributed by atoms with van der Waals surface area (Å²) < 4.78 is 7.13. The zero-order valence-corrected chi connectivity index (χ0v) is 20.1. The van der Waals surface area contributed by atoms with E-state index in [1.165, 1.54) is 11.3 Å². The van der Waals surface area contributed by atoms with E-state index in [1.54, 1.807) is 16.5 Å². The van der Waals surface area contributed by atoms with E-state index in [9.17, 15) is 9.59 Å². The van der Waals surface area contributed by atoms with Crippen LogP contribution in [0.2, 0.25) is 0 Å². The van der Waals surface area contributed by atoms with Crippen LogP contribution in [0.1, 0.15) is 17.5 Å². The Morgan fingerprint density at radius 1 is 0.886 bits per heavy atom. The molecule has 1 fully saturated rings. The minimum Gasteiger partial charge on any atom is -0.447 e. The zero-order chi connectivity index (χ0) is 24.2. The maximum atomic E-state index is 13.0. The molecule has 178 valence electrons. The summed E-state index contributed by atoms with van der Waals surface area (Å²) in [5.41, 5.74) is 1.92. The van der Waals surface area contributed by atoms with Crippen LogP contribution in [0.5, 0.6) is 0 Å². The highest BCUT2D eigenvalue weighted by Gasteiger charge is 2.29. The number of hydrogen-bond donors (Lipinski definition) is 0. The van der Waals surface area contributed by atoms with Gasteiger partial charge < -0.3 is 14.5 Å². The number of anilines is 1. The summed E-state index contributed by atoms with van der Waals surface area (Å²) in [6, 6.07) is 23.4. The Kier molecular flexibility index (Phi) is 6.58. The Bertz CT molecular complexity index is 1280. The van der Waals surface area contributed by atoms with E-state index in [0.29, 0.717) is 18.9 Å². The van der Waals surface area contributed by atoms with E-state index in [4.69, 9.17) is 4.74 Å². The third-order valence-corrected chi connectivity index (χ3v) is 6.74. The second kappa shape index (κ2) is 10.1. The number of rotatable bonds is 6. The van der Waals surface area contributed by atoms with Gasteiger partial charge >= 0.3 is 5.97 Å². The molecular weight excluding hydrogens is 462 g/mol. The number of carbonyl (C=O) groups excluding carboxylic acids is 2. The Labute approximate surface area is 207 Å². The largest absolute Gasteiger partial charge is 0.447 e. The second-order valence-electron chi connectivity index (χ2n) is 8.18. The standard InChI is InChI=1S/C26H25N5O3S/c1-19(25(32)30-16-14-29(15-17-30)20-9-4-2-5-10-20)34-26(33)23-27-24(22-13-8-18-35-22)31(28-23)21-11-6-3-7-12-21/h2-13,18-19H,14-17H2,1H3. The highest BCUT2D eigenvalue weighted by molar-refractivity contribution is 7.13. The minimum absolute atomic E-state index is 0.0780. The molecule has 2 aromatic carbocycles. The molecule has 0 bridgehead atoms. The summed E-state index contributed by atoms with van der Waals surface area (Å²) in [5, 5.41) is 6.35. The summed E-state index contributed by atoms with van der Waals surface area (Å²) in [5.74, 6) is -0.465. The van der Waals surface area contributed by atoms with Gasteiger partial charge in [0.15, 0.2) is 11.9 Å². The highest BCUT2D eigenvalue weighted by atomic mass is 32.1. The lowest BCUT2D eigenvalue weighted by atomic mass is 10.2. The summed E-state index contributed by atoms with van der Waals surface area (Å²) in [6.45, 7) is 4.18. The first-order valence-corrected chi connectivity index (χ1v) is 12.3. The Morgan fingerprint density at radius 2 is 1.54 bits per heavy atom. The van der Waals surface area contributed by atoms with Gasteiger partial charge in [0, 0.05) is 31.9 Å². The lowest BCUT2D eigenvalue weighted by Gasteiger charge is -2.36. The van der Waals surface area contributed by atoms with E-state index < -0.39 is 12.1 Å². The molecule has 3 heterocycles. The minimum atomic E-state index is -0.931. The van der Waals surface area contributed by atoms with Crippen LogP contribution in [0.25, 0.3) is 16.4 Å². The van der Waals surface area contributed by atoms with Crippen molar-refractivity contribution >= 4 is 28.9 Å². The van der Waals surface area contributed by atoms with Crippen LogP contribution in [0.3, 0.4) is 0 Å². The van der Waals surface area contributed by atoms with Crippen molar-refractivity contribution < 1.29 is 14.3 Å². The smallest absolute Gasteiger partial charge is 0.379 e. The van der Waals surface area contributed by atoms with Crippen LogP contribution in [0.15, 0.2) is 78.2 Å². The van der Waals surface area contributed by atoms with Gasteiger partial charge in [-0.1, -0.05) is 42.5 Å². The molecule has 1 aliphatic heterocycles. The second-order valence-corrected chi connectivity index (χ2v) is 9.13. The first-order valence-electron chi connectivity index (χ1n) is 11.5. The number of benzene rings is 2. The van der Waals surface area contributed by atoms with Crippen molar-refractivity contribution in [2.45, 2.75) is 13.0 Å². The molecule has 4 aromatic rings. The Morgan fingerprint density at radius 3 is 2.17 bits per heavy atom. The lowest BCUT2D eigenvalue weighted by molar-refractivity contribution is -0.140. The summed E-state index contributed by atoms with van der Waals surface area (Å²) >= 11 is 1.51.